The quantitative estimate of drug-likeness (QED) is 0.620. The van der Waals surface area contributed by atoms with Crippen molar-refractivity contribution in [1.29, 1.82) is 0 Å². The Morgan fingerprint density at radius 2 is 1.56 bits per heavy atom. The van der Waals surface area contributed by atoms with Crippen LogP contribution in [0.15, 0.2) is 60.7 Å². The molecule has 2 aliphatic rings. The van der Waals surface area contributed by atoms with E-state index in [0.29, 0.717) is 11.9 Å². The predicted molar refractivity (Wildman–Crippen MR) is 110 cm³/mol. The lowest BCUT2D eigenvalue weighted by Crippen LogP contribution is -2.32. The van der Waals surface area contributed by atoms with Crippen molar-refractivity contribution in [3.8, 4) is 11.3 Å². The summed E-state index contributed by atoms with van der Waals surface area (Å²) in [6, 6.07) is 20.8. The number of nitrogens with zero attached hydrogens (tertiary/aromatic N) is 2. The van der Waals surface area contributed by atoms with Crippen LogP contribution in [-0.4, -0.2) is 9.97 Å². The molecule has 1 heterocycles. The standard InChI is InChI=1S/C24H25N3/c1-23(2)18-14-15-24(23,3)21-19(18)20(16-10-6-4-7-11-16)26-22(27-21)25-17-12-8-5-9-13-17/h4-13,18H,14-15H2,1-3H3,(H,25,26,27). The maximum Gasteiger partial charge on any atom is 0.228 e. The molecular weight excluding hydrogens is 330 g/mol. The Morgan fingerprint density at radius 3 is 2.26 bits per heavy atom. The maximum atomic E-state index is 5.06. The molecule has 0 saturated heterocycles. The molecule has 2 aromatic carbocycles. The van der Waals surface area contributed by atoms with Crippen LogP contribution in [0.3, 0.4) is 0 Å². The minimum absolute atomic E-state index is 0.104. The Hall–Kier alpha value is -2.68. The van der Waals surface area contributed by atoms with Crippen LogP contribution in [0.25, 0.3) is 11.3 Å². The van der Waals surface area contributed by atoms with Gasteiger partial charge in [-0.25, -0.2) is 9.97 Å². The van der Waals surface area contributed by atoms with Gasteiger partial charge in [0.15, 0.2) is 0 Å². The van der Waals surface area contributed by atoms with E-state index in [1.807, 2.05) is 18.2 Å². The monoisotopic (exact) mass is 355 g/mol. The van der Waals surface area contributed by atoms with Crippen LogP contribution in [0.1, 0.15) is 50.8 Å². The number of para-hydroxylation sites is 1. The summed E-state index contributed by atoms with van der Waals surface area (Å²) >= 11 is 0. The highest BCUT2D eigenvalue weighted by atomic mass is 15.1. The van der Waals surface area contributed by atoms with Crippen molar-refractivity contribution in [2.45, 2.75) is 44.9 Å². The van der Waals surface area contributed by atoms with Crippen molar-refractivity contribution in [3.05, 3.63) is 71.9 Å². The highest BCUT2D eigenvalue weighted by Gasteiger charge is 2.61. The maximum absolute atomic E-state index is 5.06. The zero-order chi connectivity index (χ0) is 18.6. The normalized spacial score (nSPS) is 24.6. The largest absolute Gasteiger partial charge is 0.324 e. The first-order valence-electron chi connectivity index (χ1n) is 9.80. The fourth-order valence-corrected chi connectivity index (χ4v) is 5.17. The first-order chi connectivity index (χ1) is 13.0. The summed E-state index contributed by atoms with van der Waals surface area (Å²) in [4.78, 5) is 10.1. The summed E-state index contributed by atoms with van der Waals surface area (Å²) in [5.74, 6) is 1.22. The fourth-order valence-electron chi connectivity index (χ4n) is 5.17. The van der Waals surface area contributed by atoms with Crippen molar-refractivity contribution in [3.63, 3.8) is 0 Å². The minimum Gasteiger partial charge on any atom is -0.324 e. The van der Waals surface area contributed by atoms with Gasteiger partial charge in [-0.15, -0.1) is 0 Å². The van der Waals surface area contributed by atoms with Gasteiger partial charge in [-0.1, -0.05) is 69.3 Å². The van der Waals surface area contributed by atoms with Crippen molar-refractivity contribution in [1.82, 2.24) is 9.97 Å². The van der Waals surface area contributed by atoms with Crippen molar-refractivity contribution in [2.24, 2.45) is 5.41 Å². The molecule has 2 bridgehead atoms. The highest BCUT2D eigenvalue weighted by Crippen LogP contribution is 2.68. The molecule has 136 valence electrons. The molecule has 2 atom stereocenters. The fraction of sp³-hybridized carbons (Fsp3) is 0.333. The van der Waals surface area contributed by atoms with Gasteiger partial charge in [0.25, 0.3) is 0 Å². The molecule has 2 aliphatic carbocycles. The molecule has 2 unspecified atom stereocenters. The van der Waals surface area contributed by atoms with Crippen LogP contribution in [0.5, 0.6) is 0 Å². The number of hydrogen-bond acceptors (Lipinski definition) is 3. The number of rotatable bonds is 3. The average Bonchev–Trinajstić information content (AvgIpc) is 3.01. The molecule has 0 radical (unpaired) electrons. The van der Waals surface area contributed by atoms with E-state index in [2.05, 4.69) is 68.6 Å². The van der Waals surface area contributed by atoms with Crippen molar-refractivity contribution < 1.29 is 0 Å². The Balaban J connectivity index is 1.72. The van der Waals surface area contributed by atoms with E-state index in [4.69, 9.17) is 9.97 Å². The van der Waals surface area contributed by atoms with Gasteiger partial charge in [0, 0.05) is 22.2 Å². The van der Waals surface area contributed by atoms with Gasteiger partial charge in [0.1, 0.15) is 0 Å². The minimum atomic E-state index is 0.104. The van der Waals surface area contributed by atoms with E-state index < -0.39 is 0 Å². The van der Waals surface area contributed by atoms with E-state index in [1.165, 1.54) is 29.7 Å². The highest BCUT2D eigenvalue weighted by molar-refractivity contribution is 5.70. The van der Waals surface area contributed by atoms with Crippen LogP contribution in [-0.2, 0) is 5.41 Å². The van der Waals surface area contributed by atoms with Crippen LogP contribution >= 0.6 is 0 Å². The second kappa shape index (κ2) is 5.66. The van der Waals surface area contributed by atoms with Gasteiger partial charge < -0.3 is 5.32 Å². The number of aromatic nitrogens is 2. The van der Waals surface area contributed by atoms with E-state index in [0.717, 1.165) is 11.4 Å². The summed E-state index contributed by atoms with van der Waals surface area (Å²) in [6.07, 6.45) is 2.43. The van der Waals surface area contributed by atoms with Crippen molar-refractivity contribution >= 4 is 11.6 Å². The van der Waals surface area contributed by atoms with Gasteiger partial charge in [0.2, 0.25) is 5.95 Å². The third-order valence-electron chi connectivity index (χ3n) is 7.12. The molecule has 0 amide bonds. The molecule has 3 nitrogen and oxygen atoms in total. The van der Waals surface area contributed by atoms with Crippen LogP contribution in [0, 0.1) is 5.41 Å². The molecule has 1 fully saturated rings. The third-order valence-corrected chi connectivity index (χ3v) is 7.12. The average molecular weight is 355 g/mol. The van der Waals surface area contributed by atoms with Gasteiger partial charge in [0.05, 0.1) is 11.4 Å². The number of fused-ring (bicyclic) bond motifs is 5. The molecule has 1 N–H and O–H groups in total. The van der Waals surface area contributed by atoms with Crippen LogP contribution in [0.2, 0.25) is 0 Å². The van der Waals surface area contributed by atoms with Crippen molar-refractivity contribution in [2.75, 3.05) is 5.32 Å². The van der Waals surface area contributed by atoms with Gasteiger partial charge in [-0.05, 0) is 36.3 Å². The third kappa shape index (κ3) is 2.27. The smallest absolute Gasteiger partial charge is 0.228 e. The van der Waals surface area contributed by atoms with E-state index in [9.17, 15) is 0 Å². The second-order valence-electron chi connectivity index (χ2n) is 8.66. The Kier molecular flexibility index (Phi) is 3.45. The molecular formula is C24H25N3. The summed E-state index contributed by atoms with van der Waals surface area (Å²) in [5.41, 5.74) is 6.23. The van der Waals surface area contributed by atoms with Gasteiger partial charge >= 0.3 is 0 Å². The molecule has 0 aliphatic heterocycles. The second-order valence-corrected chi connectivity index (χ2v) is 8.66. The zero-order valence-corrected chi connectivity index (χ0v) is 16.2. The van der Waals surface area contributed by atoms with E-state index in [1.54, 1.807) is 0 Å². The van der Waals surface area contributed by atoms with Crippen LogP contribution in [0.4, 0.5) is 11.6 Å². The summed E-state index contributed by atoms with van der Waals surface area (Å²) in [6.45, 7) is 7.21. The molecule has 5 rings (SSSR count). The zero-order valence-electron chi connectivity index (χ0n) is 16.2. The Bertz CT molecular complexity index is 995. The molecule has 3 aromatic rings. The Labute approximate surface area is 160 Å². The van der Waals surface area contributed by atoms with Gasteiger partial charge in [-0.3, -0.25) is 0 Å². The van der Waals surface area contributed by atoms with E-state index >= 15 is 0 Å². The number of benzene rings is 2. The molecule has 3 heteroatoms. The first kappa shape index (κ1) is 16.5. The molecule has 1 saturated carbocycles. The number of anilines is 2. The van der Waals surface area contributed by atoms with E-state index in [-0.39, 0.29) is 10.8 Å². The SMILES string of the molecule is CC12CCC(c3c(-c4ccccc4)nc(Nc4ccccc4)nc31)C2(C)C. The van der Waals surface area contributed by atoms with Gasteiger partial charge in [-0.2, -0.15) is 0 Å². The lowest BCUT2D eigenvalue weighted by atomic mass is 9.70. The molecule has 1 aromatic heterocycles. The number of nitrogens with one attached hydrogen (secondary N) is 1. The summed E-state index contributed by atoms with van der Waals surface area (Å²) in [7, 11) is 0. The predicted octanol–water partition coefficient (Wildman–Crippen LogP) is 6.06. The first-order valence-corrected chi connectivity index (χ1v) is 9.80. The number of hydrogen-bond donors (Lipinski definition) is 1. The lowest BCUT2D eigenvalue weighted by molar-refractivity contribution is 0.227. The summed E-state index contributed by atoms with van der Waals surface area (Å²) < 4.78 is 0. The lowest BCUT2D eigenvalue weighted by Gasteiger charge is -2.34. The van der Waals surface area contributed by atoms with Crippen LogP contribution < -0.4 is 5.32 Å². The summed E-state index contributed by atoms with van der Waals surface area (Å²) in [5, 5.41) is 3.43. The molecule has 27 heavy (non-hydrogen) atoms. The topological polar surface area (TPSA) is 37.8 Å². The molecule has 0 spiro atoms. The Morgan fingerprint density at radius 1 is 0.889 bits per heavy atom.